The average Bonchev–Trinajstić information content (AvgIpc) is 2.58. The molecule has 0 saturated carbocycles. The third-order valence-electron chi connectivity index (χ3n) is 2.95. The predicted octanol–water partition coefficient (Wildman–Crippen LogP) is 1.96. The van der Waals surface area contributed by atoms with Crippen LogP contribution in [-0.2, 0) is 0 Å². The molecule has 1 saturated heterocycles. The summed E-state index contributed by atoms with van der Waals surface area (Å²) in [4.78, 5) is 18.0. The Kier molecular flexibility index (Phi) is 3.98. The third kappa shape index (κ3) is 3.09. The highest BCUT2D eigenvalue weighted by molar-refractivity contribution is 5.92. The van der Waals surface area contributed by atoms with Crippen molar-refractivity contribution in [3.63, 3.8) is 0 Å². The molecule has 1 fully saturated rings. The second-order valence-corrected chi connectivity index (χ2v) is 5.09. The summed E-state index contributed by atoms with van der Waals surface area (Å²) < 4.78 is 0. The highest BCUT2D eigenvalue weighted by atomic mass is 35.5. The molecule has 0 unspecified atom stereocenters. The molecule has 2 N–H and O–H groups in total. The van der Waals surface area contributed by atoms with E-state index in [1.54, 1.807) is 18.2 Å². The molecule has 0 atom stereocenters. The fraction of sp³-hybridized carbons (Fsp3) is 0.500. The predicted molar refractivity (Wildman–Crippen MR) is 70.2 cm³/mol. The van der Waals surface area contributed by atoms with Crippen molar-refractivity contribution in [2.24, 2.45) is 5.41 Å². The number of anilines is 1. The van der Waals surface area contributed by atoms with Crippen molar-refractivity contribution < 1.29 is 4.79 Å². The van der Waals surface area contributed by atoms with E-state index in [9.17, 15) is 4.79 Å². The van der Waals surface area contributed by atoms with Gasteiger partial charge in [-0.25, -0.2) is 4.98 Å². The molecule has 17 heavy (non-hydrogen) atoms. The lowest BCUT2D eigenvalue weighted by Gasteiger charge is -2.19. The summed E-state index contributed by atoms with van der Waals surface area (Å²) in [6.45, 7) is 5.95. The molecule has 1 aliphatic rings. The van der Waals surface area contributed by atoms with Crippen LogP contribution in [0.1, 0.15) is 30.8 Å². The highest BCUT2D eigenvalue weighted by Crippen LogP contribution is 2.29. The number of nitrogens with two attached hydrogens (primary N) is 1. The Bertz CT molecular complexity index is 420. The van der Waals surface area contributed by atoms with Crippen LogP contribution in [0, 0.1) is 5.41 Å². The van der Waals surface area contributed by atoms with Crippen LogP contribution >= 0.6 is 12.4 Å². The van der Waals surface area contributed by atoms with Crippen LogP contribution in [-0.4, -0.2) is 28.9 Å². The van der Waals surface area contributed by atoms with Gasteiger partial charge in [0.25, 0.3) is 5.91 Å². The lowest BCUT2D eigenvalue weighted by molar-refractivity contribution is 0.0772. The Balaban J connectivity index is 0.00000144. The number of hydrogen-bond donors (Lipinski definition) is 1. The quantitative estimate of drug-likeness (QED) is 0.835. The molecule has 0 aliphatic carbocycles. The number of aromatic nitrogens is 1. The molecule has 4 nitrogen and oxygen atoms in total. The van der Waals surface area contributed by atoms with Gasteiger partial charge < -0.3 is 10.6 Å². The molecule has 5 heteroatoms. The number of likely N-dealkylation sites (tertiary alicyclic amines) is 1. The minimum Gasteiger partial charge on any atom is -0.384 e. The molecule has 2 rings (SSSR count). The lowest BCUT2D eigenvalue weighted by atomic mass is 9.93. The number of amides is 1. The van der Waals surface area contributed by atoms with Crippen LogP contribution in [0.5, 0.6) is 0 Å². The van der Waals surface area contributed by atoms with E-state index >= 15 is 0 Å². The van der Waals surface area contributed by atoms with E-state index in [0.717, 1.165) is 19.5 Å². The number of hydrogen-bond acceptors (Lipinski definition) is 3. The number of carbonyl (C=O) groups is 1. The van der Waals surface area contributed by atoms with Gasteiger partial charge in [0.1, 0.15) is 11.5 Å². The summed E-state index contributed by atoms with van der Waals surface area (Å²) in [5.41, 5.74) is 6.23. The van der Waals surface area contributed by atoms with Gasteiger partial charge in [-0.2, -0.15) is 0 Å². The first-order valence-electron chi connectivity index (χ1n) is 5.50. The number of carbonyl (C=O) groups excluding carboxylic acids is 1. The molecule has 94 valence electrons. The summed E-state index contributed by atoms with van der Waals surface area (Å²) in [6, 6.07) is 5.16. The summed E-state index contributed by atoms with van der Waals surface area (Å²) in [7, 11) is 0. The largest absolute Gasteiger partial charge is 0.384 e. The molecule has 1 aromatic heterocycles. The van der Waals surface area contributed by atoms with Gasteiger partial charge in [0, 0.05) is 13.1 Å². The zero-order valence-corrected chi connectivity index (χ0v) is 11.0. The summed E-state index contributed by atoms with van der Waals surface area (Å²) >= 11 is 0. The normalized spacial score (nSPS) is 17.6. The number of nitrogens with zero attached hydrogens (tertiary/aromatic N) is 2. The first-order valence-corrected chi connectivity index (χ1v) is 5.50. The minimum atomic E-state index is -0.0159. The maximum absolute atomic E-state index is 12.1. The van der Waals surface area contributed by atoms with Gasteiger partial charge in [0.2, 0.25) is 0 Å². The van der Waals surface area contributed by atoms with E-state index in [1.807, 2.05) is 4.90 Å². The molecule has 0 bridgehead atoms. The monoisotopic (exact) mass is 255 g/mol. The van der Waals surface area contributed by atoms with E-state index in [2.05, 4.69) is 18.8 Å². The van der Waals surface area contributed by atoms with Gasteiger partial charge in [0.05, 0.1) is 0 Å². The van der Waals surface area contributed by atoms with Crippen molar-refractivity contribution in [3.05, 3.63) is 23.9 Å². The zero-order chi connectivity index (χ0) is 11.8. The first kappa shape index (κ1) is 13.8. The summed E-state index contributed by atoms with van der Waals surface area (Å²) in [5, 5.41) is 0. The molecule has 0 spiro atoms. The maximum atomic E-state index is 12.1. The van der Waals surface area contributed by atoms with Crippen LogP contribution in [0.4, 0.5) is 5.82 Å². The SMILES string of the molecule is CC1(C)CCN(C(=O)c2cccc(N)n2)C1.Cl. The fourth-order valence-corrected chi connectivity index (χ4v) is 2.02. The van der Waals surface area contributed by atoms with Gasteiger partial charge in [-0.1, -0.05) is 19.9 Å². The Morgan fingerprint density at radius 1 is 1.47 bits per heavy atom. The number of halogens is 1. The van der Waals surface area contributed by atoms with Crippen molar-refractivity contribution >= 4 is 24.1 Å². The van der Waals surface area contributed by atoms with Crippen molar-refractivity contribution in [1.82, 2.24) is 9.88 Å². The Morgan fingerprint density at radius 3 is 2.71 bits per heavy atom. The Labute approximate surface area is 108 Å². The van der Waals surface area contributed by atoms with Crippen LogP contribution in [0.15, 0.2) is 18.2 Å². The van der Waals surface area contributed by atoms with Gasteiger partial charge in [-0.05, 0) is 24.0 Å². The van der Waals surface area contributed by atoms with Crippen molar-refractivity contribution in [3.8, 4) is 0 Å². The van der Waals surface area contributed by atoms with E-state index in [0.29, 0.717) is 11.5 Å². The maximum Gasteiger partial charge on any atom is 0.272 e. The van der Waals surface area contributed by atoms with Crippen LogP contribution in [0.3, 0.4) is 0 Å². The van der Waals surface area contributed by atoms with Gasteiger partial charge in [-0.15, -0.1) is 12.4 Å². The second-order valence-electron chi connectivity index (χ2n) is 5.09. The number of rotatable bonds is 1. The third-order valence-corrected chi connectivity index (χ3v) is 2.95. The molecule has 0 aromatic carbocycles. The van der Waals surface area contributed by atoms with Gasteiger partial charge in [0.15, 0.2) is 0 Å². The van der Waals surface area contributed by atoms with E-state index < -0.39 is 0 Å². The molecular weight excluding hydrogens is 238 g/mol. The number of pyridine rings is 1. The van der Waals surface area contributed by atoms with Crippen molar-refractivity contribution in [1.29, 1.82) is 0 Å². The van der Waals surface area contributed by atoms with E-state index in [-0.39, 0.29) is 23.7 Å². The second kappa shape index (κ2) is 4.92. The van der Waals surface area contributed by atoms with Gasteiger partial charge in [-0.3, -0.25) is 4.79 Å². The minimum absolute atomic E-state index is 0. The fourth-order valence-electron chi connectivity index (χ4n) is 2.02. The Morgan fingerprint density at radius 2 is 2.18 bits per heavy atom. The zero-order valence-electron chi connectivity index (χ0n) is 10.1. The number of nitrogen functional groups attached to an aromatic ring is 1. The average molecular weight is 256 g/mol. The van der Waals surface area contributed by atoms with Crippen molar-refractivity contribution in [2.45, 2.75) is 20.3 Å². The highest BCUT2D eigenvalue weighted by Gasteiger charge is 2.32. The van der Waals surface area contributed by atoms with Gasteiger partial charge >= 0.3 is 0 Å². The van der Waals surface area contributed by atoms with Crippen molar-refractivity contribution in [2.75, 3.05) is 18.8 Å². The first-order chi connectivity index (χ1) is 7.48. The smallest absolute Gasteiger partial charge is 0.272 e. The molecule has 2 heterocycles. The van der Waals surface area contributed by atoms with E-state index in [1.165, 1.54) is 0 Å². The molecule has 1 aliphatic heterocycles. The van der Waals surface area contributed by atoms with Crippen LogP contribution in [0.25, 0.3) is 0 Å². The van der Waals surface area contributed by atoms with E-state index in [4.69, 9.17) is 5.73 Å². The summed E-state index contributed by atoms with van der Waals surface area (Å²) in [6.07, 6.45) is 1.04. The Hall–Kier alpha value is -1.29. The molecule has 1 amide bonds. The summed E-state index contributed by atoms with van der Waals surface area (Å²) in [5.74, 6) is 0.377. The molecule has 1 aromatic rings. The van der Waals surface area contributed by atoms with Crippen LogP contribution < -0.4 is 5.73 Å². The topological polar surface area (TPSA) is 59.2 Å². The molecule has 0 radical (unpaired) electrons. The lowest BCUT2D eigenvalue weighted by Crippen LogP contribution is -2.30. The standard InChI is InChI=1S/C12H17N3O.ClH/c1-12(2)6-7-15(8-12)11(16)9-4-3-5-10(13)14-9;/h3-5H,6-8H2,1-2H3,(H2,13,14);1H. The molecular formula is C12H18ClN3O. The van der Waals surface area contributed by atoms with Crippen LogP contribution in [0.2, 0.25) is 0 Å².